The lowest BCUT2D eigenvalue weighted by Gasteiger charge is -2.33. The summed E-state index contributed by atoms with van der Waals surface area (Å²) in [7, 11) is 4.77. The van der Waals surface area contributed by atoms with Crippen molar-refractivity contribution in [3.8, 4) is 5.75 Å². The highest BCUT2D eigenvalue weighted by atomic mass is 16.5. The van der Waals surface area contributed by atoms with Crippen molar-refractivity contribution in [2.45, 2.75) is 19.0 Å². The summed E-state index contributed by atoms with van der Waals surface area (Å²) >= 11 is 0. The smallest absolute Gasteiger partial charge is 0.329 e. The predicted molar refractivity (Wildman–Crippen MR) is 85.6 cm³/mol. The number of hydrogen-bond acceptors (Lipinski definition) is 5. The fraction of sp³-hybridized carbons (Fsp3) is 0.353. The van der Waals surface area contributed by atoms with E-state index < -0.39 is 12.0 Å². The minimum Gasteiger partial charge on any atom is -0.497 e. The van der Waals surface area contributed by atoms with E-state index in [9.17, 15) is 9.59 Å². The molecule has 3 rings (SSSR count). The van der Waals surface area contributed by atoms with E-state index in [1.54, 1.807) is 37.7 Å². The van der Waals surface area contributed by atoms with Gasteiger partial charge in [-0.2, -0.15) is 0 Å². The Morgan fingerprint density at radius 1 is 1.21 bits per heavy atom. The topological polar surface area (TPSA) is 73.7 Å². The molecule has 1 atom stereocenters. The van der Waals surface area contributed by atoms with E-state index >= 15 is 0 Å². The molecule has 24 heavy (non-hydrogen) atoms. The standard InChI is InChI=1S/C17H19N3O4/c1-19-10-18-13-8-14(17(22)24-3)20(9-15(13)19)16(21)11-4-6-12(23-2)7-5-11/h4-7,10,14H,8-9H2,1-3H3/t14-/m0/s1. The van der Waals surface area contributed by atoms with Crippen LogP contribution in [0.3, 0.4) is 0 Å². The molecule has 7 nitrogen and oxygen atoms in total. The summed E-state index contributed by atoms with van der Waals surface area (Å²) in [5.41, 5.74) is 2.25. The number of amides is 1. The van der Waals surface area contributed by atoms with Crippen LogP contribution in [-0.2, 0) is 29.5 Å². The molecule has 126 valence electrons. The molecule has 1 aromatic carbocycles. The lowest BCUT2D eigenvalue weighted by molar-refractivity contribution is -0.146. The van der Waals surface area contributed by atoms with Crippen LogP contribution >= 0.6 is 0 Å². The van der Waals surface area contributed by atoms with Gasteiger partial charge < -0.3 is 18.9 Å². The number of nitrogens with zero attached hydrogens (tertiary/aromatic N) is 3. The van der Waals surface area contributed by atoms with Crippen LogP contribution < -0.4 is 4.74 Å². The van der Waals surface area contributed by atoms with Gasteiger partial charge in [0, 0.05) is 19.0 Å². The highest BCUT2D eigenvalue weighted by Crippen LogP contribution is 2.25. The van der Waals surface area contributed by atoms with Crippen molar-refractivity contribution in [3.63, 3.8) is 0 Å². The quantitative estimate of drug-likeness (QED) is 0.790. The Kier molecular flexibility index (Phi) is 4.24. The summed E-state index contributed by atoms with van der Waals surface area (Å²) in [4.78, 5) is 30.9. The first-order valence-electron chi connectivity index (χ1n) is 7.57. The van der Waals surface area contributed by atoms with Crippen LogP contribution in [0.2, 0.25) is 0 Å². The number of ether oxygens (including phenoxy) is 2. The number of esters is 1. The first-order chi connectivity index (χ1) is 11.5. The average Bonchev–Trinajstić information content (AvgIpc) is 2.99. The molecular weight excluding hydrogens is 310 g/mol. The van der Waals surface area contributed by atoms with E-state index in [0.29, 0.717) is 24.3 Å². The molecule has 7 heteroatoms. The molecule has 0 saturated carbocycles. The third-order valence-corrected chi connectivity index (χ3v) is 4.30. The van der Waals surface area contributed by atoms with E-state index in [2.05, 4.69) is 4.98 Å². The van der Waals surface area contributed by atoms with Gasteiger partial charge in [-0.1, -0.05) is 0 Å². The maximum atomic E-state index is 12.9. The van der Waals surface area contributed by atoms with Crippen LogP contribution in [0.15, 0.2) is 30.6 Å². The Hall–Kier alpha value is -2.83. The lowest BCUT2D eigenvalue weighted by Crippen LogP contribution is -2.49. The van der Waals surface area contributed by atoms with Crippen LogP contribution in [0.1, 0.15) is 21.7 Å². The SMILES string of the molecule is COC(=O)[C@@H]1Cc2ncn(C)c2CN1C(=O)c1ccc(OC)cc1. The molecule has 0 spiro atoms. The van der Waals surface area contributed by atoms with Gasteiger partial charge in [-0.25, -0.2) is 9.78 Å². The molecule has 1 amide bonds. The number of rotatable bonds is 3. The second-order valence-electron chi connectivity index (χ2n) is 5.65. The van der Waals surface area contributed by atoms with E-state index in [0.717, 1.165) is 11.4 Å². The normalized spacial score (nSPS) is 16.5. The van der Waals surface area contributed by atoms with Crippen LogP contribution in [0.25, 0.3) is 0 Å². The second-order valence-corrected chi connectivity index (χ2v) is 5.65. The van der Waals surface area contributed by atoms with Crippen molar-refractivity contribution in [2.24, 2.45) is 7.05 Å². The highest BCUT2D eigenvalue weighted by molar-refractivity contribution is 5.97. The Morgan fingerprint density at radius 3 is 2.54 bits per heavy atom. The largest absolute Gasteiger partial charge is 0.497 e. The molecule has 1 aliphatic heterocycles. The van der Waals surface area contributed by atoms with Gasteiger partial charge in [0.05, 0.1) is 38.5 Å². The van der Waals surface area contributed by atoms with E-state index in [-0.39, 0.29) is 5.91 Å². The molecule has 0 unspecified atom stereocenters. The van der Waals surface area contributed by atoms with Crippen LogP contribution in [0.5, 0.6) is 5.75 Å². The summed E-state index contributed by atoms with van der Waals surface area (Å²) in [5, 5.41) is 0. The summed E-state index contributed by atoms with van der Waals surface area (Å²) in [6.07, 6.45) is 2.05. The Bertz CT molecular complexity index is 767. The lowest BCUT2D eigenvalue weighted by atomic mass is 10.0. The number of aromatic nitrogens is 2. The third kappa shape index (κ3) is 2.73. The molecule has 2 heterocycles. The molecule has 0 fully saturated rings. The predicted octanol–water partition coefficient (Wildman–Crippen LogP) is 1.17. The number of aryl methyl sites for hydroxylation is 1. The van der Waals surface area contributed by atoms with E-state index in [1.807, 2.05) is 11.6 Å². The Labute approximate surface area is 139 Å². The Balaban J connectivity index is 1.94. The van der Waals surface area contributed by atoms with Crippen molar-refractivity contribution >= 4 is 11.9 Å². The zero-order valence-corrected chi connectivity index (χ0v) is 13.9. The first kappa shape index (κ1) is 16.0. The van der Waals surface area contributed by atoms with Crippen molar-refractivity contribution in [1.29, 1.82) is 0 Å². The molecule has 0 N–H and O–H groups in total. The summed E-state index contributed by atoms with van der Waals surface area (Å²) < 4.78 is 11.9. The number of hydrogen-bond donors (Lipinski definition) is 0. The van der Waals surface area contributed by atoms with Gasteiger partial charge in [0.15, 0.2) is 0 Å². The van der Waals surface area contributed by atoms with Crippen LogP contribution in [-0.4, -0.2) is 46.6 Å². The fourth-order valence-corrected chi connectivity index (χ4v) is 2.90. The molecule has 1 aliphatic rings. The first-order valence-corrected chi connectivity index (χ1v) is 7.57. The van der Waals surface area contributed by atoms with Crippen molar-refractivity contribution in [1.82, 2.24) is 14.5 Å². The highest BCUT2D eigenvalue weighted by Gasteiger charge is 2.37. The van der Waals surface area contributed by atoms with Crippen molar-refractivity contribution in [3.05, 3.63) is 47.5 Å². The average molecular weight is 329 g/mol. The maximum absolute atomic E-state index is 12.9. The summed E-state index contributed by atoms with van der Waals surface area (Å²) in [5.74, 6) is 0.0108. The van der Waals surface area contributed by atoms with Gasteiger partial charge in [0.1, 0.15) is 11.8 Å². The fourth-order valence-electron chi connectivity index (χ4n) is 2.90. The second kappa shape index (κ2) is 6.35. The van der Waals surface area contributed by atoms with Gasteiger partial charge in [0.25, 0.3) is 5.91 Å². The third-order valence-electron chi connectivity index (χ3n) is 4.30. The number of carbonyl (C=O) groups excluding carboxylic acids is 2. The molecule has 0 bridgehead atoms. The van der Waals surface area contributed by atoms with Gasteiger partial charge >= 0.3 is 5.97 Å². The van der Waals surface area contributed by atoms with E-state index in [4.69, 9.17) is 9.47 Å². The zero-order chi connectivity index (χ0) is 17.3. The van der Waals surface area contributed by atoms with Gasteiger partial charge in [0.2, 0.25) is 0 Å². The molecule has 0 aliphatic carbocycles. The van der Waals surface area contributed by atoms with Gasteiger partial charge in [-0.15, -0.1) is 0 Å². The maximum Gasteiger partial charge on any atom is 0.329 e. The molecule has 0 radical (unpaired) electrons. The summed E-state index contributed by atoms with van der Waals surface area (Å²) in [6, 6.07) is 6.15. The zero-order valence-electron chi connectivity index (χ0n) is 13.9. The number of fused-ring (bicyclic) bond motifs is 1. The number of benzene rings is 1. The van der Waals surface area contributed by atoms with Crippen LogP contribution in [0, 0.1) is 0 Å². The van der Waals surface area contributed by atoms with Crippen LogP contribution in [0.4, 0.5) is 0 Å². The monoisotopic (exact) mass is 329 g/mol. The Morgan fingerprint density at radius 2 is 1.92 bits per heavy atom. The molecular formula is C17H19N3O4. The number of imidazole rings is 1. The number of carbonyl (C=O) groups is 2. The molecule has 1 aromatic heterocycles. The summed E-state index contributed by atoms with van der Waals surface area (Å²) in [6.45, 7) is 0.316. The van der Waals surface area contributed by atoms with Crippen molar-refractivity contribution in [2.75, 3.05) is 14.2 Å². The molecule has 0 saturated heterocycles. The molecule has 2 aromatic rings. The van der Waals surface area contributed by atoms with E-state index in [1.165, 1.54) is 12.0 Å². The number of methoxy groups -OCH3 is 2. The van der Waals surface area contributed by atoms with Gasteiger partial charge in [-0.05, 0) is 24.3 Å². The minimum atomic E-state index is -0.674. The van der Waals surface area contributed by atoms with Gasteiger partial charge in [-0.3, -0.25) is 4.79 Å². The van der Waals surface area contributed by atoms with Crippen molar-refractivity contribution < 1.29 is 19.1 Å². The minimum absolute atomic E-state index is 0.222.